The third-order valence-electron chi connectivity index (χ3n) is 9.83. The van der Waals surface area contributed by atoms with Crippen molar-refractivity contribution in [2.45, 2.75) is 53.4 Å². The Kier molecular flexibility index (Phi) is 12.7. The second-order valence-electron chi connectivity index (χ2n) is 13.1. The molecule has 8 aromatic carbocycles. The van der Waals surface area contributed by atoms with E-state index in [0.29, 0.717) is 0 Å². The molecule has 0 aliphatic rings. The van der Waals surface area contributed by atoms with Crippen LogP contribution in [0.5, 0.6) is 0 Å². The Morgan fingerprint density at radius 1 is 0.480 bits per heavy atom. The average Bonchev–Trinajstić information content (AvgIpc) is 3.69. The summed E-state index contributed by atoms with van der Waals surface area (Å²) < 4.78 is 0. The molecule has 248 valence electrons. The summed E-state index contributed by atoms with van der Waals surface area (Å²) in [5.41, 5.74) is 2.76. The molecule has 0 radical (unpaired) electrons. The maximum atomic E-state index is 3.60. The van der Waals surface area contributed by atoms with Crippen LogP contribution in [0.15, 0.2) is 146 Å². The molecule has 0 amide bonds. The zero-order valence-electron chi connectivity index (χ0n) is 30.1. The van der Waals surface area contributed by atoms with Gasteiger partial charge in [-0.2, -0.15) is 12.8 Å². The van der Waals surface area contributed by atoms with Crippen molar-refractivity contribution in [3.05, 3.63) is 171 Å². The molecule has 0 aromatic heterocycles. The van der Waals surface area contributed by atoms with E-state index in [2.05, 4.69) is 187 Å². The molecule has 0 heterocycles. The maximum absolute atomic E-state index is 3.60. The molecule has 50 heavy (non-hydrogen) atoms. The molecule has 0 aliphatic heterocycles. The first kappa shape index (κ1) is 37.4. The van der Waals surface area contributed by atoms with Gasteiger partial charge in [0, 0.05) is 0 Å². The van der Waals surface area contributed by atoms with Gasteiger partial charge in [-0.15, -0.1) is 67.3 Å². The zero-order chi connectivity index (χ0) is 34.4. The van der Waals surface area contributed by atoms with E-state index in [1.165, 1.54) is 87.8 Å². The molecule has 0 saturated carbocycles. The van der Waals surface area contributed by atoms with E-state index >= 15 is 0 Å². The molecule has 0 aliphatic carbocycles. The molecule has 0 N–H and O–H groups in total. The topological polar surface area (TPSA) is 0 Å². The van der Waals surface area contributed by atoms with Crippen molar-refractivity contribution in [2.24, 2.45) is 0 Å². The molecule has 0 saturated heterocycles. The molecule has 0 fully saturated rings. The number of aryl methyl sites for hydroxylation is 2. The van der Waals surface area contributed by atoms with Crippen molar-refractivity contribution >= 4 is 71.9 Å². The number of rotatable bonds is 6. The molecule has 0 unspecified atom stereocenters. The molecule has 0 spiro atoms. The zero-order valence-corrected chi connectivity index (χ0v) is 33.6. The average molecular weight is 744 g/mol. The van der Waals surface area contributed by atoms with Gasteiger partial charge in [0.05, 0.1) is 8.07 Å². The summed E-state index contributed by atoms with van der Waals surface area (Å²) in [6, 6.07) is 54.8. The van der Waals surface area contributed by atoms with Crippen LogP contribution in [0.2, 0.25) is 0 Å². The number of unbranched alkanes of at least 4 members (excludes halogenated alkanes) is 2. The second-order valence-corrected chi connectivity index (χ2v) is 16.8. The molecule has 0 nitrogen and oxygen atoms in total. The van der Waals surface area contributed by atoms with Crippen molar-refractivity contribution in [1.29, 1.82) is 0 Å². The molecule has 8 rings (SSSR count). The quantitative estimate of drug-likeness (QED) is 0.118. The van der Waals surface area contributed by atoms with E-state index < -0.39 is 8.07 Å². The summed E-state index contributed by atoms with van der Waals surface area (Å²) in [5, 5.41) is 16.7. The second kappa shape index (κ2) is 16.9. The van der Waals surface area contributed by atoms with Crippen LogP contribution in [0.3, 0.4) is 0 Å². The first-order valence-electron chi connectivity index (χ1n) is 17.9. The Labute approximate surface area is 320 Å². The molecular formula is C48H48SiZr. The van der Waals surface area contributed by atoms with Gasteiger partial charge in [-0.05, 0) is 10.8 Å². The van der Waals surface area contributed by atoms with Crippen molar-refractivity contribution < 1.29 is 26.2 Å². The summed E-state index contributed by atoms with van der Waals surface area (Å²) in [7, 11) is -2.85. The fourth-order valence-corrected chi connectivity index (χ4v) is 13.4. The molecule has 8 aromatic rings. The van der Waals surface area contributed by atoms with E-state index in [1.54, 1.807) is 0 Å². The third kappa shape index (κ3) is 6.78. The Balaban J connectivity index is 0.000000492. The van der Waals surface area contributed by atoms with Crippen LogP contribution in [-0.4, -0.2) is 8.07 Å². The largest absolute Gasteiger partial charge is 4.00 e. The smallest absolute Gasteiger partial charge is 0.343 e. The fourth-order valence-electron chi connectivity index (χ4n) is 7.59. The minimum absolute atomic E-state index is 0. The van der Waals surface area contributed by atoms with Crippen LogP contribution < -0.4 is 20.7 Å². The monoisotopic (exact) mass is 742 g/mol. The van der Waals surface area contributed by atoms with Gasteiger partial charge in [-0.1, -0.05) is 183 Å². The maximum Gasteiger partial charge on any atom is 4.00 e. The van der Waals surface area contributed by atoms with Gasteiger partial charge < -0.3 is 13.8 Å². The van der Waals surface area contributed by atoms with Crippen LogP contribution in [0.25, 0.3) is 43.1 Å². The predicted octanol–water partition coefficient (Wildman–Crippen LogP) is 11.0. The first-order valence-corrected chi connectivity index (χ1v) is 19.9. The van der Waals surface area contributed by atoms with Crippen molar-refractivity contribution in [2.75, 3.05) is 0 Å². The molecule has 0 bridgehead atoms. The fraction of sp³-hybridized carbons (Fsp3) is 0.167. The van der Waals surface area contributed by atoms with Crippen molar-refractivity contribution in [1.82, 2.24) is 0 Å². The third-order valence-corrected chi connectivity index (χ3v) is 15.0. The Morgan fingerprint density at radius 3 is 1.18 bits per heavy atom. The summed E-state index contributed by atoms with van der Waals surface area (Å²) in [4.78, 5) is 0. The van der Waals surface area contributed by atoms with Crippen molar-refractivity contribution in [3.8, 4) is 0 Å². The van der Waals surface area contributed by atoms with Gasteiger partial charge in [-0.25, -0.2) is 0 Å². The summed E-state index contributed by atoms with van der Waals surface area (Å²) in [6.07, 6.45) is 4.56. The van der Waals surface area contributed by atoms with E-state index in [1.807, 2.05) is 0 Å². The number of hydrogen-bond donors (Lipinski definition) is 0. The van der Waals surface area contributed by atoms with Crippen LogP contribution in [0.1, 0.15) is 50.7 Å². The van der Waals surface area contributed by atoms with Gasteiger partial charge >= 0.3 is 26.2 Å². The first-order chi connectivity index (χ1) is 24.0. The minimum atomic E-state index is -2.85. The SMILES string of the molecule is Cc1[cH-]c2ccc3ccccc3c2c1[Si](c1ccccc1)(c1ccccc1)c1c(C)[cH-]c2ccc3ccccc3c12.[CH2-]CCC.[CH2-]CCC.[Zr+4]. The normalized spacial score (nSPS) is 11.2. The van der Waals surface area contributed by atoms with E-state index in [0.717, 1.165) is 12.8 Å². The Morgan fingerprint density at radius 2 is 0.820 bits per heavy atom. The van der Waals surface area contributed by atoms with Crippen LogP contribution in [0, 0.1) is 27.7 Å². The van der Waals surface area contributed by atoms with Gasteiger partial charge in [0.15, 0.2) is 0 Å². The van der Waals surface area contributed by atoms with Gasteiger partial charge in [0.1, 0.15) is 0 Å². The van der Waals surface area contributed by atoms with Gasteiger partial charge in [0.2, 0.25) is 0 Å². The summed E-state index contributed by atoms with van der Waals surface area (Å²) in [5.74, 6) is 0. The number of fused-ring (bicyclic) bond motifs is 6. The Bertz CT molecular complexity index is 2120. The van der Waals surface area contributed by atoms with Gasteiger partial charge in [-0.3, -0.25) is 0 Å². The predicted molar refractivity (Wildman–Crippen MR) is 221 cm³/mol. The van der Waals surface area contributed by atoms with Crippen LogP contribution in [-0.2, 0) is 26.2 Å². The van der Waals surface area contributed by atoms with Gasteiger partial charge in [0.25, 0.3) is 0 Å². The van der Waals surface area contributed by atoms with E-state index in [9.17, 15) is 0 Å². The standard InChI is InChI=1S/C40H30Si.2C4H9.Zr/c1-27-25-31-23-21-29-13-9-11-19-35(29)37(31)39(27)41(33-15-5-3-6-16-33,34-17-7-4-8-18-34)40-28(2)26-32-24-22-30-14-10-12-20-36(30)38(32)40;2*1-3-4-2;/h3-26H,1-2H3;2*1,3-4H2,2H3;/q-2;2*-1;+4. The summed E-state index contributed by atoms with van der Waals surface area (Å²) in [6.45, 7) is 16.1. The van der Waals surface area contributed by atoms with E-state index in [-0.39, 0.29) is 26.2 Å². The summed E-state index contributed by atoms with van der Waals surface area (Å²) >= 11 is 0. The van der Waals surface area contributed by atoms with Crippen LogP contribution >= 0.6 is 0 Å². The van der Waals surface area contributed by atoms with Crippen LogP contribution in [0.4, 0.5) is 0 Å². The number of hydrogen-bond acceptors (Lipinski definition) is 0. The molecule has 2 heteroatoms. The molecule has 0 atom stereocenters. The molecular weight excluding hydrogens is 696 g/mol. The van der Waals surface area contributed by atoms with Crippen molar-refractivity contribution in [3.63, 3.8) is 0 Å². The number of benzene rings is 6. The van der Waals surface area contributed by atoms with E-state index in [4.69, 9.17) is 0 Å². The minimum Gasteiger partial charge on any atom is -0.343 e. The Hall–Kier alpha value is -3.84.